The number of nitrogens with zero attached hydrogens (tertiary/aromatic N) is 3. The number of benzene rings is 1. The molecule has 1 aromatic heterocycles. The van der Waals surface area contributed by atoms with Gasteiger partial charge in [-0.2, -0.15) is 0 Å². The first-order valence-electron chi connectivity index (χ1n) is 8.91. The van der Waals surface area contributed by atoms with Gasteiger partial charge >= 0.3 is 5.97 Å². The molecule has 1 N–H and O–H groups in total. The van der Waals surface area contributed by atoms with E-state index < -0.39 is 5.60 Å². The summed E-state index contributed by atoms with van der Waals surface area (Å²) in [5.41, 5.74) is 1.05. The Morgan fingerprint density at radius 2 is 2.04 bits per heavy atom. The molecular formula is C19H24N4O3S. The fraction of sp³-hybridized carbons (Fsp3) is 0.474. The van der Waals surface area contributed by atoms with E-state index in [0.29, 0.717) is 16.8 Å². The monoisotopic (exact) mass is 388 g/mol. The summed E-state index contributed by atoms with van der Waals surface area (Å²) in [4.78, 5) is 23.4. The third kappa shape index (κ3) is 5.32. The number of ether oxygens (including phenoxy) is 1. The zero-order valence-electron chi connectivity index (χ0n) is 16.0. The summed E-state index contributed by atoms with van der Waals surface area (Å²) in [7, 11) is 0. The number of nitrogens with one attached hydrogen (secondary N) is 1. The lowest BCUT2D eigenvalue weighted by Crippen LogP contribution is -2.25. The number of carbonyl (C=O) groups is 2. The summed E-state index contributed by atoms with van der Waals surface area (Å²) in [6.45, 7) is 7.01. The van der Waals surface area contributed by atoms with Crippen LogP contribution < -0.4 is 5.32 Å². The molecule has 1 fully saturated rings. The van der Waals surface area contributed by atoms with E-state index in [0.717, 1.165) is 24.4 Å². The Kier molecular flexibility index (Phi) is 5.55. The van der Waals surface area contributed by atoms with Crippen LogP contribution in [0.5, 0.6) is 0 Å². The molecule has 1 heterocycles. The largest absolute Gasteiger partial charge is 0.459 e. The molecule has 0 atom stereocenters. The molecule has 0 saturated heterocycles. The molecule has 1 amide bonds. The minimum atomic E-state index is -0.517. The molecule has 7 nitrogen and oxygen atoms in total. The van der Waals surface area contributed by atoms with Gasteiger partial charge in [-0.05, 0) is 51.8 Å². The molecule has 2 aromatic rings. The van der Waals surface area contributed by atoms with E-state index in [1.165, 1.54) is 18.7 Å². The van der Waals surface area contributed by atoms with Crippen LogP contribution in [0.4, 0.5) is 5.69 Å². The van der Waals surface area contributed by atoms with Gasteiger partial charge in [0.15, 0.2) is 5.16 Å². The lowest BCUT2D eigenvalue weighted by atomic mass is 10.2. The number of rotatable bonds is 6. The van der Waals surface area contributed by atoms with Crippen LogP contribution in [0, 0.1) is 0 Å². The van der Waals surface area contributed by atoms with E-state index in [4.69, 9.17) is 4.74 Å². The Labute approximate surface area is 162 Å². The average Bonchev–Trinajstić information content (AvgIpc) is 3.30. The molecule has 0 bridgehead atoms. The molecule has 0 aliphatic heterocycles. The summed E-state index contributed by atoms with van der Waals surface area (Å²) >= 11 is 1.30. The van der Waals surface area contributed by atoms with Gasteiger partial charge in [0.05, 0.1) is 11.4 Å². The van der Waals surface area contributed by atoms with Gasteiger partial charge < -0.3 is 10.1 Å². The number of hydrogen-bond acceptors (Lipinski definition) is 6. The molecule has 144 valence electrons. The number of hydrogen-bond donors (Lipinski definition) is 1. The van der Waals surface area contributed by atoms with Crippen molar-refractivity contribution in [3.63, 3.8) is 0 Å². The molecule has 1 aromatic carbocycles. The van der Waals surface area contributed by atoms with Crippen molar-refractivity contribution < 1.29 is 14.3 Å². The Balaban J connectivity index is 1.85. The number of anilines is 1. The van der Waals surface area contributed by atoms with E-state index in [1.807, 2.05) is 49.6 Å². The Morgan fingerprint density at radius 3 is 2.67 bits per heavy atom. The second-order valence-corrected chi connectivity index (χ2v) is 8.50. The highest BCUT2D eigenvalue weighted by Crippen LogP contribution is 2.41. The highest BCUT2D eigenvalue weighted by molar-refractivity contribution is 7.99. The maximum atomic E-state index is 12.1. The summed E-state index contributed by atoms with van der Waals surface area (Å²) in [6, 6.07) is 7.53. The highest BCUT2D eigenvalue weighted by Gasteiger charge is 2.31. The van der Waals surface area contributed by atoms with E-state index >= 15 is 0 Å². The van der Waals surface area contributed by atoms with Crippen LogP contribution in [0.1, 0.15) is 52.3 Å². The van der Waals surface area contributed by atoms with Crippen molar-refractivity contribution >= 4 is 29.3 Å². The number of carbonyl (C=O) groups excluding carboxylic acids is 2. The van der Waals surface area contributed by atoms with Gasteiger partial charge in [0, 0.05) is 18.5 Å². The second-order valence-electron chi connectivity index (χ2n) is 7.56. The Hall–Kier alpha value is -2.35. The predicted molar refractivity (Wildman–Crippen MR) is 104 cm³/mol. The van der Waals surface area contributed by atoms with E-state index in [1.54, 1.807) is 0 Å². The van der Waals surface area contributed by atoms with Gasteiger partial charge in [0.25, 0.3) is 0 Å². The van der Waals surface area contributed by atoms with Crippen molar-refractivity contribution in [1.29, 1.82) is 0 Å². The van der Waals surface area contributed by atoms with Crippen molar-refractivity contribution in [3.05, 3.63) is 30.1 Å². The second kappa shape index (κ2) is 7.72. The van der Waals surface area contributed by atoms with E-state index in [2.05, 4.69) is 15.5 Å². The Bertz CT molecular complexity index is 853. The minimum Gasteiger partial charge on any atom is -0.459 e. The van der Waals surface area contributed by atoms with Gasteiger partial charge in [-0.25, -0.2) is 0 Å². The van der Waals surface area contributed by atoms with Crippen molar-refractivity contribution in [3.8, 4) is 5.69 Å². The third-order valence-electron chi connectivity index (χ3n) is 3.76. The summed E-state index contributed by atoms with van der Waals surface area (Å²) in [6.07, 6.45) is 2.17. The molecule has 8 heteroatoms. The smallest absolute Gasteiger partial charge is 0.316 e. The molecule has 3 rings (SSSR count). The van der Waals surface area contributed by atoms with Gasteiger partial charge in [-0.1, -0.05) is 17.8 Å². The van der Waals surface area contributed by atoms with Crippen LogP contribution in [0.25, 0.3) is 5.69 Å². The van der Waals surface area contributed by atoms with Gasteiger partial charge in [-0.15, -0.1) is 10.2 Å². The first-order chi connectivity index (χ1) is 12.7. The van der Waals surface area contributed by atoms with Gasteiger partial charge in [0.1, 0.15) is 11.4 Å². The minimum absolute atomic E-state index is 0.127. The SMILES string of the molecule is CC(=O)Nc1cccc(-n2c(SCC(=O)OC(C)(C)C)nnc2C2CC2)c1. The van der Waals surface area contributed by atoms with Crippen LogP contribution in [0.3, 0.4) is 0 Å². The summed E-state index contributed by atoms with van der Waals surface area (Å²) in [5.74, 6) is 1.02. The van der Waals surface area contributed by atoms with Crippen molar-refractivity contribution in [2.24, 2.45) is 0 Å². The molecule has 1 saturated carbocycles. The Morgan fingerprint density at radius 1 is 1.30 bits per heavy atom. The van der Waals surface area contributed by atoms with Crippen molar-refractivity contribution in [1.82, 2.24) is 14.8 Å². The third-order valence-corrected chi connectivity index (χ3v) is 4.67. The van der Waals surface area contributed by atoms with Crippen molar-refractivity contribution in [2.75, 3.05) is 11.1 Å². The zero-order chi connectivity index (χ0) is 19.6. The summed E-state index contributed by atoms with van der Waals surface area (Å²) in [5, 5.41) is 12.1. The van der Waals surface area contributed by atoms with Crippen LogP contribution in [-0.2, 0) is 14.3 Å². The topological polar surface area (TPSA) is 86.1 Å². The summed E-state index contributed by atoms with van der Waals surface area (Å²) < 4.78 is 7.34. The van der Waals surface area contributed by atoms with Gasteiger partial charge in [-0.3, -0.25) is 14.2 Å². The quantitative estimate of drug-likeness (QED) is 0.602. The number of aromatic nitrogens is 3. The van der Waals surface area contributed by atoms with E-state index in [9.17, 15) is 9.59 Å². The van der Waals surface area contributed by atoms with Crippen LogP contribution >= 0.6 is 11.8 Å². The molecule has 0 unspecified atom stereocenters. The lowest BCUT2D eigenvalue weighted by molar-refractivity contribution is -0.151. The molecule has 1 aliphatic carbocycles. The molecule has 27 heavy (non-hydrogen) atoms. The molecule has 0 radical (unpaired) electrons. The maximum absolute atomic E-state index is 12.1. The first kappa shape index (κ1) is 19.4. The number of amides is 1. The maximum Gasteiger partial charge on any atom is 0.316 e. The van der Waals surface area contributed by atoms with Crippen LogP contribution in [0.2, 0.25) is 0 Å². The van der Waals surface area contributed by atoms with E-state index in [-0.39, 0.29) is 17.6 Å². The molecule has 0 spiro atoms. The lowest BCUT2D eigenvalue weighted by Gasteiger charge is -2.19. The highest BCUT2D eigenvalue weighted by atomic mass is 32.2. The zero-order valence-corrected chi connectivity index (χ0v) is 16.8. The molecular weight excluding hydrogens is 364 g/mol. The number of esters is 1. The first-order valence-corrected chi connectivity index (χ1v) is 9.89. The standard InChI is InChI=1S/C19H24N4O3S/c1-12(24)20-14-6-5-7-15(10-14)23-17(13-8-9-13)21-22-18(23)27-11-16(25)26-19(2,3)4/h5-7,10,13H,8-9,11H2,1-4H3,(H,20,24). The van der Waals surface area contributed by atoms with Crippen molar-refractivity contribution in [2.45, 2.75) is 57.2 Å². The van der Waals surface area contributed by atoms with Gasteiger partial charge in [0.2, 0.25) is 5.91 Å². The fourth-order valence-corrected chi connectivity index (χ4v) is 3.38. The fourth-order valence-electron chi connectivity index (χ4n) is 2.64. The molecule has 1 aliphatic rings. The number of thioether (sulfide) groups is 1. The average molecular weight is 388 g/mol. The van der Waals surface area contributed by atoms with Crippen LogP contribution in [-0.4, -0.2) is 38.0 Å². The normalized spacial score (nSPS) is 14.1. The van der Waals surface area contributed by atoms with Crippen LogP contribution in [0.15, 0.2) is 29.4 Å². The predicted octanol–water partition coefficient (Wildman–Crippen LogP) is 3.54.